The molecular weight excluding hydrogens is 288 g/mol. The molecule has 23 heavy (non-hydrogen) atoms. The lowest BCUT2D eigenvalue weighted by molar-refractivity contribution is 0.152. The lowest BCUT2D eigenvalue weighted by Gasteiger charge is -2.32. The molecule has 0 radical (unpaired) electrons. The third kappa shape index (κ3) is 4.10. The molecule has 0 saturated carbocycles. The Hall–Kier alpha value is -1.88. The van der Waals surface area contributed by atoms with Gasteiger partial charge in [-0.15, -0.1) is 0 Å². The molecule has 2 heterocycles. The fourth-order valence-corrected chi connectivity index (χ4v) is 3.45. The topological polar surface area (TPSA) is 43.2 Å². The fraction of sp³-hybridized carbons (Fsp3) is 0.556. The molecule has 5 nitrogen and oxygen atoms in total. The third-order valence-electron chi connectivity index (χ3n) is 4.54. The van der Waals surface area contributed by atoms with Crippen LogP contribution in [-0.4, -0.2) is 39.9 Å². The summed E-state index contributed by atoms with van der Waals surface area (Å²) < 4.78 is 7.39. The van der Waals surface area contributed by atoms with Crippen molar-refractivity contribution in [2.24, 2.45) is 5.92 Å². The van der Waals surface area contributed by atoms with E-state index in [1.807, 2.05) is 19.9 Å². The van der Waals surface area contributed by atoms with Crippen molar-refractivity contribution in [2.75, 3.05) is 20.2 Å². The molecule has 2 aromatic rings. The van der Waals surface area contributed by atoms with Crippen LogP contribution in [-0.2, 0) is 13.1 Å². The lowest BCUT2D eigenvalue weighted by atomic mass is 9.97. The molecule has 1 fully saturated rings. The summed E-state index contributed by atoms with van der Waals surface area (Å²) in [6.07, 6.45) is 2.52. The van der Waals surface area contributed by atoms with Crippen LogP contribution in [0, 0.1) is 19.8 Å². The van der Waals surface area contributed by atoms with Crippen molar-refractivity contribution in [3.05, 3.63) is 41.5 Å². The van der Waals surface area contributed by atoms with Gasteiger partial charge in [0.25, 0.3) is 0 Å². The first-order valence-electron chi connectivity index (χ1n) is 8.37. The Morgan fingerprint density at radius 2 is 2.17 bits per heavy atom. The van der Waals surface area contributed by atoms with Gasteiger partial charge in [0, 0.05) is 19.6 Å². The first-order chi connectivity index (χ1) is 11.1. The highest BCUT2D eigenvalue weighted by Gasteiger charge is 2.21. The van der Waals surface area contributed by atoms with Gasteiger partial charge in [0.05, 0.1) is 7.11 Å². The van der Waals surface area contributed by atoms with E-state index in [2.05, 4.69) is 37.9 Å². The maximum Gasteiger partial charge on any atom is 0.147 e. The summed E-state index contributed by atoms with van der Waals surface area (Å²) in [4.78, 5) is 6.95. The van der Waals surface area contributed by atoms with Gasteiger partial charge in [-0.05, 0) is 56.8 Å². The number of hydrogen-bond donors (Lipinski definition) is 0. The van der Waals surface area contributed by atoms with E-state index in [0.29, 0.717) is 5.92 Å². The molecule has 124 valence electrons. The standard InChI is InChI=1S/C18H26N4O/c1-14-19-15(2)22(20-14)13-17-7-5-9-21(12-17)11-16-6-4-8-18(10-16)23-3/h4,6,8,10,17H,5,7,9,11-13H2,1-3H3. The first-order valence-corrected chi connectivity index (χ1v) is 8.37. The summed E-state index contributed by atoms with van der Waals surface area (Å²) in [6, 6.07) is 8.38. The summed E-state index contributed by atoms with van der Waals surface area (Å²) in [6.45, 7) is 8.25. The smallest absolute Gasteiger partial charge is 0.147 e. The van der Waals surface area contributed by atoms with E-state index in [4.69, 9.17) is 4.74 Å². The number of hydrogen-bond acceptors (Lipinski definition) is 4. The predicted molar refractivity (Wildman–Crippen MR) is 90.5 cm³/mol. The van der Waals surface area contributed by atoms with Gasteiger partial charge in [0.15, 0.2) is 0 Å². The highest BCUT2D eigenvalue weighted by molar-refractivity contribution is 5.28. The minimum atomic E-state index is 0.647. The molecule has 1 aliphatic rings. The SMILES string of the molecule is COc1cccc(CN2CCCC(Cn3nc(C)nc3C)C2)c1. The largest absolute Gasteiger partial charge is 0.497 e. The van der Waals surface area contributed by atoms with E-state index in [9.17, 15) is 0 Å². The van der Waals surface area contributed by atoms with Crippen molar-refractivity contribution in [1.29, 1.82) is 0 Å². The second-order valence-electron chi connectivity index (χ2n) is 6.48. The molecule has 0 aliphatic carbocycles. The Morgan fingerprint density at radius 3 is 2.91 bits per heavy atom. The third-order valence-corrected chi connectivity index (χ3v) is 4.54. The Kier molecular flexibility index (Phi) is 4.96. The van der Waals surface area contributed by atoms with Crippen LogP contribution in [0.1, 0.15) is 30.1 Å². The molecule has 1 unspecified atom stereocenters. The molecule has 1 aromatic heterocycles. The highest BCUT2D eigenvalue weighted by Crippen LogP contribution is 2.21. The number of benzene rings is 1. The summed E-state index contributed by atoms with van der Waals surface area (Å²) in [7, 11) is 1.72. The summed E-state index contributed by atoms with van der Waals surface area (Å²) >= 11 is 0. The number of aromatic nitrogens is 3. The van der Waals surface area contributed by atoms with Crippen molar-refractivity contribution in [3.63, 3.8) is 0 Å². The maximum atomic E-state index is 5.32. The molecular formula is C18H26N4O. The van der Waals surface area contributed by atoms with Crippen LogP contribution in [0.3, 0.4) is 0 Å². The van der Waals surface area contributed by atoms with Gasteiger partial charge in [-0.2, -0.15) is 5.10 Å². The van der Waals surface area contributed by atoms with E-state index in [0.717, 1.165) is 37.0 Å². The average molecular weight is 314 g/mol. The Labute approximate surface area is 138 Å². The number of piperidine rings is 1. The number of rotatable bonds is 5. The van der Waals surface area contributed by atoms with Crippen LogP contribution in [0.25, 0.3) is 0 Å². The Balaban J connectivity index is 1.60. The summed E-state index contributed by atoms with van der Waals surface area (Å²) in [5, 5.41) is 4.51. The first kappa shape index (κ1) is 16.0. The highest BCUT2D eigenvalue weighted by atomic mass is 16.5. The molecule has 1 atom stereocenters. The monoisotopic (exact) mass is 314 g/mol. The molecule has 0 spiro atoms. The van der Waals surface area contributed by atoms with E-state index in [1.54, 1.807) is 7.11 Å². The van der Waals surface area contributed by atoms with Crippen molar-refractivity contribution in [3.8, 4) is 5.75 Å². The van der Waals surface area contributed by atoms with Crippen molar-refractivity contribution >= 4 is 0 Å². The van der Waals surface area contributed by atoms with Crippen molar-refractivity contribution < 1.29 is 4.74 Å². The quantitative estimate of drug-likeness (QED) is 0.851. The number of nitrogens with zero attached hydrogens (tertiary/aromatic N) is 4. The fourth-order valence-electron chi connectivity index (χ4n) is 3.45. The molecule has 3 rings (SSSR count). The minimum absolute atomic E-state index is 0.647. The number of methoxy groups -OCH3 is 1. The van der Waals surface area contributed by atoms with Gasteiger partial charge in [-0.1, -0.05) is 12.1 Å². The normalized spacial score (nSPS) is 19.0. The van der Waals surface area contributed by atoms with Crippen LogP contribution in [0.5, 0.6) is 5.75 Å². The van der Waals surface area contributed by atoms with E-state index < -0.39 is 0 Å². The Morgan fingerprint density at radius 1 is 1.30 bits per heavy atom. The lowest BCUT2D eigenvalue weighted by Crippen LogP contribution is -2.36. The van der Waals surface area contributed by atoms with Crippen LogP contribution >= 0.6 is 0 Å². The van der Waals surface area contributed by atoms with Crippen molar-refractivity contribution in [2.45, 2.75) is 39.8 Å². The van der Waals surface area contributed by atoms with Gasteiger partial charge >= 0.3 is 0 Å². The second kappa shape index (κ2) is 7.13. The van der Waals surface area contributed by atoms with E-state index in [-0.39, 0.29) is 0 Å². The zero-order valence-corrected chi connectivity index (χ0v) is 14.3. The molecule has 0 bridgehead atoms. The number of likely N-dealkylation sites (tertiary alicyclic amines) is 1. The van der Waals surface area contributed by atoms with Gasteiger partial charge in [0.2, 0.25) is 0 Å². The summed E-state index contributed by atoms with van der Waals surface area (Å²) in [5.41, 5.74) is 1.32. The van der Waals surface area contributed by atoms with Crippen LogP contribution in [0.2, 0.25) is 0 Å². The van der Waals surface area contributed by atoms with Crippen LogP contribution in [0.4, 0.5) is 0 Å². The second-order valence-corrected chi connectivity index (χ2v) is 6.48. The predicted octanol–water partition coefficient (Wildman–Crippen LogP) is 2.82. The summed E-state index contributed by atoms with van der Waals surface area (Å²) in [5.74, 6) is 3.47. The molecule has 1 aliphatic heterocycles. The van der Waals surface area contributed by atoms with Crippen LogP contribution in [0.15, 0.2) is 24.3 Å². The molecule has 5 heteroatoms. The number of aryl methyl sites for hydroxylation is 2. The van der Waals surface area contributed by atoms with Gasteiger partial charge < -0.3 is 4.74 Å². The minimum Gasteiger partial charge on any atom is -0.497 e. The van der Waals surface area contributed by atoms with E-state index >= 15 is 0 Å². The van der Waals surface area contributed by atoms with Gasteiger partial charge in [-0.25, -0.2) is 9.67 Å². The maximum absolute atomic E-state index is 5.32. The van der Waals surface area contributed by atoms with Gasteiger partial charge in [-0.3, -0.25) is 4.90 Å². The average Bonchev–Trinajstić information content (AvgIpc) is 2.85. The Bertz CT molecular complexity index is 652. The number of ether oxygens (including phenoxy) is 1. The molecule has 1 saturated heterocycles. The zero-order valence-electron chi connectivity index (χ0n) is 14.3. The van der Waals surface area contributed by atoms with E-state index in [1.165, 1.54) is 24.9 Å². The van der Waals surface area contributed by atoms with Gasteiger partial charge in [0.1, 0.15) is 17.4 Å². The zero-order chi connectivity index (χ0) is 16.2. The van der Waals surface area contributed by atoms with Crippen LogP contribution < -0.4 is 4.74 Å². The molecule has 1 aromatic carbocycles. The molecule has 0 N–H and O–H groups in total. The molecule has 0 amide bonds. The van der Waals surface area contributed by atoms with Crippen molar-refractivity contribution in [1.82, 2.24) is 19.7 Å².